The van der Waals surface area contributed by atoms with Crippen molar-refractivity contribution in [3.63, 3.8) is 0 Å². The van der Waals surface area contributed by atoms with Crippen LogP contribution in [0.3, 0.4) is 0 Å². The molecule has 1 rings (SSSR count). The molecule has 0 radical (unpaired) electrons. The lowest BCUT2D eigenvalue weighted by molar-refractivity contribution is 0.588. The first-order valence-corrected chi connectivity index (χ1v) is 6.12. The summed E-state index contributed by atoms with van der Waals surface area (Å²) in [7, 11) is 0. The van der Waals surface area contributed by atoms with Crippen molar-refractivity contribution in [2.24, 2.45) is 5.73 Å². The average molecular weight is 214 g/mol. The Balaban J connectivity index is 2.29. The van der Waals surface area contributed by atoms with E-state index < -0.39 is 0 Å². The summed E-state index contributed by atoms with van der Waals surface area (Å²) in [6.07, 6.45) is 2.90. The third-order valence-corrected chi connectivity index (χ3v) is 2.83. The van der Waals surface area contributed by atoms with E-state index in [4.69, 9.17) is 5.73 Å². The second-order valence-electron chi connectivity index (χ2n) is 3.20. The second kappa shape index (κ2) is 6.03. The van der Waals surface area contributed by atoms with Crippen LogP contribution in [-0.2, 0) is 6.54 Å². The topological polar surface area (TPSA) is 56.7 Å². The minimum atomic E-state index is -0.0683. The van der Waals surface area contributed by atoms with Crippen LogP contribution in [0.25, 0.3) is 0 Å². The molecule has 0 bridgehead atoms. The highest BCUT2D eigenvalue weighted by Gasteiger charge is 2.04. The molecule has 0 aromatic carbocycles. The van der Waals surface area contributed by atoms with Crippen LogP contribution in [0.5, 0.6) is 0 Å². The molecule has 1 heterocycles. The fourth-order valence-corrected chi connectivity index (χ4v) is 1.72. The molecule has 1 aromatic rings. The van der Waals surface area contributed by atoms with Gasteiger partial charge in [0.25, 0.3) is 0 Å². The van der Waals surface area contributed by atoms with E-state index in [1.54, 1.807) is 6.33 Å². The van der Waals surface area contributed by atoms with Gasteiger partial charge in [-0.1, -0.05) is 6.92 Å². The summed E-state index contributed by atoms with van der Waals surface area (Å²) in [5, 5.41) is 4.28. The van der Waals surface area contributed by atoms with Crippen molar-refractivity contribution in [1.29, 1.82) is 0 Å². The molecule has 4 nitrogen and oxygen atoms in total. The molecule has 0 saturated heterocycles. The zero-order valence-corrected chi connectivity index (χ0v) is 9.63. The van der Waals surface area contributed by atoms with Gasteiger partial charge in [0.05, 0.1) is 6.04 Å². The van der Waals surface area contributed by atoms with E-state index in [1.807, 2.05) is 23.4 Å². The van der Waals surface area contributed by atoms with Crippen molar-refractivity contribution in [2.75, 3.05) is 11.5 Å². The van der Waals surface area contributed by atoms with Gasteiger partial charge in [0.1, 0.15) is 6.33 Å². The number of thioether (sulfide) groups is 1. The Morgan fingerprint density at radius 1 is 1.64 bits per heavy atom. The van der Waals surface area contributed by atoms with Gasteiger partial charge in [-0.2, -0.15) is 16.9 Å². The number of hydrogen-bond acceptors (Lipinski definition) is 4. The van der Waals surface area contributed by atoms with Crippen molar-refractivity contribution in [1.82, 2.24) is 14.8 Å². The Labute approximate surface area is 89.3 Å². The number of aryl methyl sites for hydroxylation is 1. The van der Waals surface area contributed by atoms with E-state index in [0.717, 1.165) is 18.8 Å². The van der Waals surface area contributed by atoms with Gasteiger partial charge in [-0.25, -0.2) is 4.98 Å². The molecule has 1 atom stereocenters. The Hall–Kier alpha value is -0.550. The van der Waals surface area contributed by atoms with Gasteiger partial charge in [0, 0.05) is 6.54 Å². The van der Waals surface area contributed by atoms with Crippen molar-refractivity contribution >= 4 is 11.8 Å². The summed E-state index contributed by atoms with van der Waals surface area (Å²) >= 11 is 1.95. The largest absolute Gasteiger partial charge is 0.321 e. The lowest BCUT2D eigenvalue weighted by Crippen LogP contribution is -2.08. The third-order valence-electron chi connectivity index (χ3n) is 1.84. The summed E-state index contributed by atoms with van der Waals surface area (Å²) in [6.45, 7) is 5.01. The SMILES string of the molecule is CCSCCCn1cnc(C(C)N)n1. The molecule has 2 N–H and O–H groups in total. The Bertz CT molecular complexity index is 259. The zero-order chi connectivity index (χ0) is 10.4. The fraction of sp³-hybridized carbons (Fsp3) is 0.778. The van der Waals surface area contributed by atoms with E-state index in [9.17, 15) is 0 Å². The van der Waals surface area contributed by atoms with Gasteiger partial charge >= 0.3 is 0 Å². The lowest BCUT2D eigenvalue weighted by Gasteiger charge is -2.00. The maximum Gasteiger partial charge on any atom is 0.166 e. The quantitative estimate of drug-likeness (QED) is 0.728. The standard InChI is InChI=1S/C9H18N4S/c1-3-14-6-4-5-13-7-11-9(12-13)8(2)10/h7-8H,3-6,10H2,1-2H3. The second-order valence-corrected chi connectivity index (χ2v) is 4.60. The normalized spacial score (nSPS) is 13.1. The summed E-state index contributed by atoms with van der Waals surface area (Å²) in [5.41, 5.74) is 5.66. The molecule has 0 amide bonds. The summed E-state index contributed by atoms with van der Waals surface area (Å²) in [6, 6.07) is -0.0683. The van der Waals surface area contributed by atoms with E-state index >= 15 is 0 Å². The third kappa shape index (κ3) is 3.67. The van der Waals surface area contributed by atoms with E-state index in [-0.39, 0.29) is 6.04 Å². The monoisotopic (exact) mass is 214 g/mol. The van der Waals surface area contributed by atoms with E-state index in [2.05, 4.69) is 17.0 Å². The minimum absolute atomic E-state index is 0.0683. The summed E-state index contributed by atoms with van der Waals surface area (Å²) in [4.78, 5) is 4.13. The molecule has 80 valence electrons. The molecule has 0 aliphatic heterocycles. The Morgan fingerprint density at radius 2 is 2.43 bits per heavy atom. The van der Waals surface area contributed by atoms with E-state index in [1.165, 1.54) is 11.5 Å². The van der Waals surface area contributed by atoms with Gasteiger partial charge in [-0.3, -0.25) is 4.68 Å². The Morgan fingerprint density at radius 3 is 3.00 bits per heavy atom. The first-order chi connectivity index (χ1) is 6.74. The van der Waals surface area contributed by atoms with Gasteiger partial charge < -0.3 is 5.73 Å². The molecule has 0 saturated carbocycles. The maximum atomic E-state index is 5.66. The first-order valence-electron chi connectivity index (χ1n) is 4.96. The molecule has 0 spiro atoms. The van der Waals surface area contributed by atoms with Crippen molar-refractivity contribution in [3.05, 3.63) is 12.2 Å². The van der Waals surface area contributed by atoms with Crippen LogP contribution in [0, 0.1) is 0 Å². The molecule has 1 aromatic heterocycles. The molecule has 5 heteroatoms. The first kappa shape index (κ1) is 11.5. The molecular formula is C9H18N4S. The number of hydrogen-bond donors (Lipinski definition) is 1. The van der Waals surface area contributed by atoms with Crippen molar-refractivity contribution in [3.8, 4) is 0 Å². The Kier molecular flexibility index (Phi) is 4.97. The van der Waals surface area contributed by atoms with Crippen LogP contribution in [0.4, 0.5) is 0 Å². The number of nitrogens with zero attached hydrogens (tertiary/aromatic N) is 3. The highest BCUT2D eigenvalue weighted by atomic mass is 32.2. The van der Waals surface area contributed by atoms with Gasteiger partial charge in [-0.05, 0) is 24.9 Å². The predicted octanol–water partition coefficient (Wildman–Crippen LogP) is 1.44. The van der Waals surface area contributed by atoms with Crippen molar-refractivity contribution < 1.29 is 0 Å². The highest BCUT2D eigenvalue weighted by molar-refractivity contribution is 7.99. The highest BCUT2D eigenvalue weighted by Crippen LogP contribution is 2.04. The molecule has 0 aliphatic rings. The number of nitrogens with two attached hydrogens (primary N) is 1. The predicted molar refractivity (Wildman–Crippen MR) is 60.2 cm³/mol. The van der Waals surface area contributed by atoms with Crippen LogP contribution >= 0.6 is 11.8 Å². The molecular weight excluding hydrogens is 196 g/mol. The number of rotatable bonds is 6. The lowest BCUT2D eigenvalue weighted by atomic mass is 10.3. The van der Waals surface area contributed by atoms with Gasteiger partial charge in [0.15, 0.2) is 5.82 Å². The summed E-state index contributed by atoms with van der Waals surface area (Å²) in [5.74, 6) is 3.10. The van der Waals surface area contributed by atoms with Crippen LogP contribution in [-0.4, -0.2) is 26.3 Å². The fourth-order valence-electron chi connectivity index (χ4n) is 1.10. The van der Waals surface area contributed by atoms with Gasteiger partial charge in [0.2, 0.25) is 0 Å². The van der Waals surface area contributed by atoms with Crippen LogP contribution in [0.2, 0.25) is 0 Å². The minimum Gasteiger partial charge on any atom is -0.321 e. The van der Waals surface area contributed by atoms with E-state index in [0.29, 0.717) is 0 Å². The molecule has 14 heavy (non-hydrogen) atoms. The molecule has 1 unspecified atom stereocenters. The average Bonchev–Trinajstić information content (AvgIpc) is 2.61. The van der Waals surface area contributed by atoms with Crippen LogP contribution in [0.15, 0.2) is 6.33 Å². The maximum absolute atomic E-state index is 5.66. The summed E-state index contributed by atoms with van der Waals surface area (Å²) < 4.78 is 1.87. The van der Waals surface area contributed by atoms with Gasteiger partial charge in [-0.15, -0.1) is 0 Å². The van der Waals surface area contributed by atoms with Crippen molar-refractivity contribution in [2.45, 2.75) is 32.9 Å². The molecule has 0 fully saturated rings. The molecule has 0 aliphatic carbocycles. The van der Waals surface area contributed by atoms with Crippen LogP contribution in [0.1, 0.15) is 32.1 Å². The zero-order valence-electron chi connectivity index (χ0n) is 8.81. The number of aromatic nitrogens is 3. The van der Waals surface area contributed by atoms with Crippen LogP contribution < -0.4 is 5.73 Å². The smallest absolute Gasteiger partial charge is 0.166 e.